The van der Waals surface area contributed by atoms with Crippen molar-refractivity contribution in [2.75, 3.05) is 12.4 Å². The summed E-state index contributed by atoms with van der Waals surface area (Å²) in [5.74, 6) is 2.01. The summed E-state index contributed by atoms with van der Waals surface area (Å²) >= 11 is 1.75. The van der Waals surface area contributed by atoms with E-state index in [1.165, 1.54) is 0 Å². The number of aliphatic hydroxyl groups is 1. The summed E-state index contributed by atoms with van der Waals surface area (Å²) in [7, 11) is 0. The molecule has 0 bridgehead atoms. The molecule has 0 fully saturated rings. The van der Waals surface area contributed by atoms with Crippen LogP contribution >= 0.6 is 11.8 Å². The van der Waals surface area contributed by atoms with E-state index in [1.807, 2.05) is 37.3 Å². The van der Waals surface area contributed by atoms with Crippen LogP contribution in [0.2, 0.25) is 0 Å². The molecule has 19 heavy (non-hydrogen) atoms. The van der Waals surface area contributed by atoms with Gasteiger partial charge in [-0.15, -0.1) is 5.10 Å². The third-order valence-corrected chi connectivity index (χ3v) is 4.27. The lowest BCUT2D eigenvalue weighted by Gasteiger charge is -2.13. The van der Waals surface area contributed by atoms with Crippen LogP contribution in [0.15, 0.2) is 30.3 Å². The van der Waals surface area contributed by atoms with Gasteiger partial charge in [0.2, 0.25) is 0 Å². The summed E-state index contributed by atoms with van der Waals surface area (Å²) in [5.41, 5.74) is 0.963. The molecule has 2 atom stereocenters. The minimum atomic E-state index is 0.184. The Hall–Kier alpha value is -1.40. The van der Waals surface area contributed by atoms with Gasteiger partial charge in [-0.2, -0.15) is 16.4 Å². The Balaban J connectivity index is 2.11. The lowest BCUT2D eigenvalue weighted by Crippen LogP contribution is -2.08. The largest absolute Gasteiger partial charge is 0.396 e. The van der Waals surface area contributed by atoms with Gasteiger partial charge in [-0.25, -0.2) is 0 Å². The summed E-state index contributed by atoms with van der Waals surface area (Å²) in [6, 6.07) is 9.86. The maximum Gasteiger partial charge on any atom is 0.169 e. The van der Waals surface area contributed by atoms with E-state index < -0.39 is 0 Å². The van der Waals surface area contributed by atoms with Crippen LogP contribution in [0.1, 0.15) is 24.9 Å². The first-order chi connectivity index (χ1) is 9.22. The number of aliphatic hydroxyl groups excluding tert-OH is 1. The topological polar surface area (TPSA) is 63.8 Å². The van der Waals surface area contributed by atoms with Crippen molar-refractivity contribution in [3.63, 3.8) is 0 Å². The Labute approximate surface area is 117 Å². The molecule has 1 heterocycles. The predicted molar refractivity (Wildman–Crippen MR) is 76.3 cm³/mol. The summed E-state index contributed by atoms with van der Waals surface area (Å²) in [5, 5.41) is 21.2. The summed E-state index contributed by atoms with van der Waals surface area (Å²) in [6.07, 6.45) is 0. The Morgan fingerprint density at radius 1 is 1.26 bits per heavy atom. The maximum atomic E-state index is 9.05. The molecular weight excluding hydrogens is 260 g/mol. The average Bonchev–Trinajstić information content (AvgIpc) is 2.94. The number of rotatable bonds is 6. The third-order valence-electron chi connectivity index (χ3n) is 2.80. The van der Waals surface area contributed by atoms with Gasteiger partial charge < -0.3 is 5.11 Å². The van der Waals surface area contributed by atoms with E-state index in [0.29, 0.717) is 0 Å². The number of aromatic nitrogens is 4. The van der Waals surface area contributed by atoms with E-state index in [9.17, 15) is 0 Å². The first kappa shape index (κ1) is 14.0. The highest BCUT2D eigenvalue weighted by molar-refractivity contribution is 7.99. The number of para-hydroxylation sites is 1. The van der Waals surface area contributed by atoms with Crippen LogP contribution in [0, 0.1) is 5.92 Å². The van der Waals surface area contributed by atoms with Crippen molar-refractivity contribution < 1.29 is 5.11 Å². The van der Waals surface area contributed by atoms with Gasteiger partial charge in [-0.3, -0.25) is 0 Å². The Bertz CT molecular complexity index is 502. The fourth-order valence-electron chi connectivity index (χ4n) is 1.64. The molecule has 2 aromatic rings. The normalized spacial score (nSPS) is 14.3. The van der Waals surface area contributed by atoms with Crippen LogP contribution in [0.5, 0.6) is 0 Å². The van der Waals surface area contributed by atoms with Crippen molar-refractivity contribution in [3.8, 4) is 5.69 Å². The van der Waals surface area contributed by atoms with Gasteiger partial charge in [0.1, 0.15) is 0 Å². The molecule has 2 unspecified atom stereocenters. The van der Waals surface area contributed by atoms with E-state index in [4.69, 9.17) is 5.11 Å². The minimum Gasteiger partial charge on any atom is -0.396 e. The second-order valence-electron chi connectivity index (χ2n) is 4.55. The molecule has 6 heteroatoms. The molecular formula is C13H18N4OS. The van der Waals surface area contributed by atoms with E-state index in [1.54, 1.807) is 16.4 Å². The third kappa shape index (κ3) is 3.54. The van der Waals surface area contributed by atoms with Gasteiger partial charge in [-0.1, -0.05) is 25.1 Å². The number of hydrogen-bond donors (Lipinski definition) is 1. The van der Waals surface area contributed by atoms with Crippen molar-refractivity contribution in [1.29, 1.82) is 0 Å². The van der Waals surface area contributed by atoms with Crippen LogP contribution in [0.25, 0.3) is 5.69 Å². The first-order valence-corrected chi connectivity index (χ1v) is 7.33. The lowest BCUT2D eigenvalue weighted by atomic mass is 10.2. The molecule has 1 aromatic heterocycles. The number of nitrogens with zero attached hydrogens (tertiary/aromatic N) is 4. The van der Waals surface area contributed by atoms with Crippen molar-refractivity contribution in [1.82, 2.24) is 20.2 Å². The molecule has 0 saturated heterocycles. The van der Waals surface area contributed by atoms with Crippen LogP contribution in [-0.4, -0.2) is 37.7 Å². The average molecular weight is 278 g/mol. The van der Waals surface area contributed by atoms with Crippen LogP contribution in [0.3, 0.4) is 0 Å². The van der Waals surface area contributed by atoms with Gasteiger partial charge >= 0.3 is 0 Å². The lowest BCUT2D eigenvalue weighted by molar-refractivity contribution is 0.250. The molecule has 1 aromatic carbocycles. The molecule has 102 valence electrons. The Kier molecular flexibility index (Phi) is 4.93. The van der Waals surface area contributed by atoms with E-state index in [-0.39, 0.29) is 17.8 Å². The smallest absolute Gasteiger partial charge is 0.169 e. The Morgan fingerprint density at radius 3 is 2.68 bits per heavy atom. The SMILES string of the molecule is CC(CO)CSC(C)c1nnnn1-c1ccccc1. The molecule has 0 radical (unpaired) electrons. The highest BCUT2D eigenvalue weighted by atomic mass is 32.2. The molecule has 0 aliphatic heterocycles. The van der Waals surface area contributed by atoms with Crippen molar-refractivity contribution in [2.24, 2.45) is 5.92 Å². The molecule has 0 aliphatic rings. The van der Waals surface area contributed by atoms with Crippen LogP contribution < -0.4 is 0 Å². The van der Waals surface area contributed by atoms with Gasteiger partial charge in [0.25, 0.3) is 0 Å². The number of tetrazole rings is 1. The second-order valence-corrected chi connectivity index (χ2v) is 5.92. The predicted octanol–water partition coefficient (Wildman–Crippen LogP) is 2.08. The monoisotopic (exact) mass is 278 g/mol. The van der Waals surface area contributed by atoms with E-state index in [2.05, 4.69) is 22.4 Å². The van der Waals surface area contributed by atoms with Crippen LogP contribution in [-0.2, 0) is 0 Å². The number of thioether (sulfide) groups is 1. The zero-order chi connectivity index (χ0) is 13.7. The molecule has 5 nitrogen and oxygen atoms in total. The maximum absolute atomic E-state index is 9.05. The second kappa shape index (κ2) is 6.68. The van der Waals surface area contributed by atoms with E-state index in [0.717, 1.165) is 17.3 Å². The van der Waals surface area contributed by atoms with Crippen LogP contribution in [0.4, 0.5) is 0 Å². The molecule has 0 amide bonds. The van der Waals surface area contributed by atoms with Gasteiger partial charge in [-0.05, 0) is 41.2 Å². The quantitative estimate of drug-likeness (QED) is 0.876. The zero-order valence-electron chi connectivity index (χ0n) is 11.1. The highest BCUT2D eigenvalue weighted by Crippen LogP contribution is 2.28. The summed E-state index contributed by atoms with van der Waals surface area (Å²) in [4.78, 5) is 0. The van der Waals surface area contributed by atoms with Crippen molar-refractivity contribution in [3.05, 3.63) is 36.2 Å². The highest BCUT2D eigenvalue weighted by Gasteiger charge is 2.16. The van der Waals surface area contributed by atoms with Crippen molar-refractivity contribution in [2.45, 2.75) is 19.1 Å². The van der Waals surface area contributed by atoms with E-state index >= 15 is 0 Å². The Morgan fingerprint density at radius 2 is 2.00 bits per heavy atom. The molecule has 0 spiro atoms. The fourth-order valence-corrected chi connectivity index (χ4v) is 2.66. The number of benzene rings is 1. The van der Waals surface area contributed by atoms with Crippen molar-refractivity contribution >= 4 is 11.8 Å². The molecule has 2 rings (SSSR count). The summed E-state index contributed by atoms with van der Waals surface area (Å²) in [6.45, 7) is 4.32. The number of hydrogen-bond acceptors (Lipinski definition) is 5. The molecule has 1 N–H and O–H groups in total. The minimum absolute atomic E-state index is 0.184. The van der Waals surface area contributed by atoms with Gasteiger partial charge in [0.15, 0.2) is 5.82 Å². The molecule has 0 aliphatic carbocycles. The first-order valence-electron chi connectivity index (χ1n) is 6.28. The zero-order valence-corrected chi connectivity index (χ0v) is 11.9. The standard InChI is InChI=1S/C13H18N4OS/c1-10(8-18)9-19-11(2)13-14-15-16-17(13)12-6-4-3-5-7-12/h3-7,10-11,18H,8-9H2,1-2H3. The fraction of sp³-hybridized carbons (Fsp3) is 0.462. The van der Waals surface area contributed by atoms with Gasteiger partial charge in [0, 0.05) is 6.61 Å². The molecule has 0 saturated carbocycles. The summed E-state index contributed by atoms with van der Waals surface area (Å²) < 4.78 is 1.77. The van der Waals surface area contributed by atoms with Gasteiger partial charge in [0.05, 0.1) is 10.9 Å².